The number of rotatable bonds is 3. The maximum Gasteiger partial charge on any atom is 0.235 e. The summed E-state index contributed by atoms with van der Waals surface area (Å²) in [4.78, 5) is 11.1. The van der Waals surface area contributed by atoms with E-state index in [9.17, 15) is 0 Å². The molecule has 0 aliphatic heterocycles. The summed E-state index contributed by atoms with van der Waals surface area (Å²) >= 11 is 0. The molecule has 0 saturated heterocycles. The van der Waals surface area contributed by atoms with Crippen LogP contribution in [0.25, 0.3) is 93.7 Å². The number of benzene rings is 8. The minimum atomic E-state index is -0.105. The van der Waals surface area contributed by atoms with Gasteiger partial charge >= 0.3 is 0 Å². The predicted octanol–water partition coefficient (Wildman–Crippen LogP) is 14.1. The maximum absolute atomic E-state index is 5.56. The largest absolute Gasteiger partial charge is 0.277 e. The predicted molar refractivity (Wildman–Crippen MR) is 233 cm³/mol. The summed E-state index contributed by atoms with van der Waals surface area (Å²) in [6, 6.07) is 59.2. The number of fused-ring (bicyclic) bond motifs is 11. The molecule has 1 aliphatic carbocycles. The monoisotopic (exact) mass is 707 g/mol. The molecule has 0 spiro atoms. The van der Waals surface area contributed by atoms with Crippen molar-refractivity contribution in [3.63, 3.8) is 0 Å². The van der Waals surface area contributed by atoms with Crippen LogP contribution in [-0.4, -0.2) is 14.5 Å². The standard InChI is InChI=1S/C49H33N3.C3H8/c1-49(2)41-24-11-10-20-39(41)43-35(21-13-25-42(43)49)36-22-12-23-37-38-28-26-31-15-7-9-19-34(31)46(38)52(47(36)37)48-50-44(32-16-4-3-5-17-32)40-29-27-30-14-6-8-18-33(30)45(40)51-48;1-3-2/h3-29H,1-2H3;3H2,1-2H3. The van der Waals surface area contributed by atoms with Crippen LogP contribution in [-0.2, 0) is 5.41 Å². The highest BCUT2D eigenvalue weighted by Crippen LogP contribution is 2.53. The van der Waals surface area contributed by atoms with Crippen molar-refractivity contribution in [2.45, 2.75) is 39.5 Å². The first kappa shape index (κ1) is 33.0. The highest BCUT2D eigenvalue weighted by molar-refractivity contribution is 6.21. The Hall–Kier alpha value is -6.58. The van der Waals surface area contributed by atoms with Crippen LogP contribution in [0.1, 0.15) is 45.2 Å². The van der Waals surface area contributed by atoms with Gasteiger partial charge in [0, 0.05) is 43.5 Å². The molecule has 0 radical (unpaired) electrons. The molecule has 3 nitrogen and oxygen atoms in total. The van der Waals surface area contributed by atoms with E-state index in [2.05, 4.69) is 196 Å². The van der Waals surface area contributed by atoms with Gasteiger partial charge < -0.3 is 0 Å². The van der Waals surface area contributed by atoms with Gasteiger partial charge in [-0.3, -0.25) is 4.57 Å². The molecule has 2 aromatic heterocycles. The van der Waals surface area contributed by atoms with Gasteiger partial charge in [0.1, 0.15) is 0 Å². The van der Waals surface area contributed by atoms with Crippen molar-refractivity contribution in [3.05, 3.63) is 175 Å². The second-order valence-electron chi connectivity index (χ2n) is 15.2. The van der Waals surface area contributed by atoms with Crippen molar-refractivity contribution in [2.24, 2.45) is 0 Å². The topological polar surface area (TPSA) is 30.7 Å². The van der Waals surface area contributed by atoms with E-state index in [1.165, 1.54) is 61.3 Å². The molecule has 0 atom stereocenters. The molecule has 11 rings (SSSR count). The number of hydrogen-bond donors (Lipinski definition) is 0. The number of nitrogens with zero attached hydrogens (tertiary/aromatic N) is 3. The third-order valence-corrected chi connectivity index (χ3v) is 11.4. The number of para-hydroxylation sites is 1. The van der Waals surface area contributed by atoms with Crippen LogP contribution in [0.15, 0.2) is 164 Å². The van der Waals surface area contributed by atoms with Gasteiger partial charge in [-0.25, -0.2) is 9.97 Å². The van der Waals surface area contributed by atoms with Gasteiger partial charge in [0.25, 0.3) is 0 Å². The lowest BCUT2D eigenvalue weighted by Crippen LogP contribution is -2.14. The second-order valence-corrected chi connectivity index (χ2v) is 15.2. The zero-order chi connectivity index (χ0) is 37.3. The molecule has 0 unspecified atom stereocenters. The molecule has 2 heterocycles. The zero-order valence-corrected chi connectivity index (χ0v) is 31.6. The Morgan fingerprint density at radius 1 is 0.455 bits per heavy atom. The first-order chi connectivity index (χ1) is 27.0. The van der Waals surface area contributed by atoms with E-state index in [0.29, 0.717) is 5.95 Å². The zero-order valence-electron chi connectivity index (χ0n) is 31.6. The quantitative estimate of drug-likeness (QED) is 0.171. The number of hydrogen-bond acceptors (Lipinski definition) is 2. The van der Waals surface area contributed by atoms with Crippen molar-refractivity contribution in [2.75, 3.05) is 0 Å². The Labute approximate surface area is 321 Å². The molecular formula is C52H41N3. The Bertz CT molecular complexity index is 3110. The lowest BCUT2D eigenvalue weighted by Gasteiger charge is -2.21. The van der Waals surface area contributed by atoms with Gasteiger partial charge in [-0.1, -0.05) is 192 Å². The van der Waals surface area contributed by atoms with Crippen LogP contribution in [0.5, 0.6) is 0 Å². The van der Waals surface area contributed by atoms with Crippen molar-refractivity contribution >= 4 is 54.3 Å². The van der Waals surface area contributed by atoms with E-state index in [1.807, 2.05) is 0 Å². The highest BCUT2D eigenvalue weighted by Gasteiger charge is 2.37. The summed E-state index contributed by atoms with van der Waals surface area (Å²) in [6.45, 7) is 8.95. The van der Waals surface area contributed by atoms with Crippen molar-refractivity contribution in [1.82, 2.24) is 14.5 Å². The fourth-order valence-electron chi connectivity index (χ4n) is 8.99. The third-order valence-electron chi connectivity index (χ3n) is 11.4. The highest BCUT2D eigenvalue weighted by atomic mass is 15.2. The minimum absolute atomic E-state index is 0.105. The molecule has 264 valence electrons. The maximum atomic E-state index is 5.56. The van der Waals surface area contributed by atoms with E-state index in [4.69, 9.17) is 9.97 Å². The minimum Gasteiger partial charge on any atom is -0.277 e. The van der Waals surface area contributed by atoms with E-state index in [1.54, 1.807) is 0 Å². The van der Waals surface area contributed by atoms with E-state index in [0.717, 1.165) is 44.0 Å². The SMILES string of the molecule is CC1(C)c2ccccc2-c2c(-c3cccc4c5ccc6ccccc6c5n(-c5nc(-c6ccccc6)c6ccc7ccccc7c6n5)c34)cccc21.CCC. The van der Waals surface area contributed by atoms with E-state index < -0.39 is 0 Å². The number of aromatic nitrogens is 3. The van der Waals surface area contributed by atoms with Gasteiger partial charge in [0.15, 0.2) is 0 Å². The second kappa shape index (κ2) is 12.8. The van der Waals surface area contributed by atoms with E-state index in [-0.39, 0.29) is 5.41 Å². The van der Waals surface area contributed by atoms with Gasteiger partial charge in [0.05, 0.1) is 22.2 Å². The van der Waals surface area contributed by atoms with Gasteiger partial charge in [0.2, 0.25) is 5.95 Å². The van der Waals surface area contributed by atoms with Gasteiger partial charge in [-0.05, 0) is 44.7 Å². The van der Waals surface area contributed by atoms with Crippen LogP contribution in [0.4, 0.5) is 0 Å². The van der Waals surface area contributed by atoms with Crippen LogP contribution >= 0.6 is 0 Å². The molecule has 0 bridgehead atoms. The van der Waals surface area contributed by atoms with Crippen LogP contribution in [0.2, 0.25) is 0 Å². The normalized spacial score (nSPS) is 12.9. The first-order valence-electron chi connectivity index (χ1n) is 19.4. The molecule has 0 fully saturated rings. The lowest BCUT2D eigenvalue weighted by molar-refractivity contribution is 0.660. The van der Waals surface area contributed by atoms with Gasteiger partial charge in [-0.2, -0.15) is 0 Å². The average Bonchev–Trinajstić information content (AvgIpc) is 3.70. The Morgan fingerprint density at radius 2 is 1.02 bits per heavy atom. The molecule has 55 heavy (non-hydrogen) atoms. The molecule has 0 amide bonds. The Morgan fingerprint density at radius 3 is 1.82 bits per heavy atom. The fraction of sp³-hybridized carbons (Fsp3) is 0.115. The molecule has 8 aromatic carbocycles. The Balaban J connectivity index is 0.00000120. The molecule has 3 heteroatoms. The van der Waals surface area contributed by atoms with Crippen LogP contribution in [0.3, 0.4) is 0 Å². The molecule has 0 saturated carbocycles. The molecule has 0 N–H and O–H groups in total. The summed E-state index contributed by atoms with van der Waals surface area (Å²) in [5, 5.41) is 8.05. The lowest BCUT2D eigenvalue weighted by atomic mass is 9.82. The van der Waals surface area contributed by atoms with Crippen LogP contribution < -0.4 is 0 Å². The van der Waals surface area contributed by atoms with Gasteiger partial charge in [-0.15, -0.1) is 0 Å². The average molecular weight is 708 g/mol. The van der Waals surface area contributed by atoms with Crippen LogP contribution in [0, 0.1) is 0 Å². The molecular weight excluding hydrogens is 667 g/mol. The summed E-state index contributed by atoms with van der Waals surface area (Å²) in [6.07, 6.45) is 1.25. The summed E-state index contributed by atoms with van der Waals surface area (Å²) < 4.78 is 2.36. The van der Waals surface area contributed by atoms with Crippen molar-refractivity contribution in [3.8, 4) is 39.5 Å². The molecule has 1 aliphatic rings. The summed E-state index contributed by atoms with van der Waals surface area (Å²) in [7, 11) is 0. The van der Waals surface area contributed by atoms with Crippen molar-refractivity contribution in [1.29, 1.82) is 0 Å². The third kappa shape index (κ3) is 4.96. The summed E-state index contributed by atoms with van der Waals surface area (Å²) in [5.74, 6) is 0.666. The van der Waals surface area contributed by atoms with E-state index >= 15 is 0 Å². The Kier molecular flexibility index (Phi) is 7.67. The molecule has 10 aromatic rings. The van der Waals surface area contributed by atoms with Crippen molar-refractivity contribution < 1.29 is 0 Å². The summed E-state index contributed by atoms with van der Waals surface area (Å²) in [5.41, 5.74) is 12.8. The first-order valence-corrected chi connectivity index (χ1v) is 19.4. The fourth-order valence-corrected chi connectivity index (χ4v) is 8.99. The smallest absolute Gasteiger partial charge is 0.235 e.